The lowest BCUT2D eigenvalue weighted by Crippen LogP contribution is -2.57. The maximum absolute atomic E-state index is 14.4. The SMILES string of the molecule is CC1(C)CN(c2ncnc(-c3c(F)ccc4ccoc34)n2)CCN1. The zero-order chi connectivity index (χ0) is 16.7. The molecule has 124 valence electrons. The number of fused-ring (bicyclic) bond motifs is 1. The van der Waals surface area contributed by atoms with Crippen molar-refractivity contribution in [2.75, 3.05) is 24.5 Å². The number of nitrogens with one attached hydrogen (secondary N) is 1. The van der Waals surface area contributed by atoms with Crippen molar-refractivity contribution in [2.45, 2.75) is 19.4 Å². The van der Waals surface area contributed by atoms with Crippen LogP contribution in [0.15, 0.2) is 35.2 Å². The molecule has 1 aromatic carbocycles. The van der Waals surface area contributed by atoms with Crippen LogP contribution in [-0.2, 0) is 0 Å². The second kappa shape index (κ2) is 5.52. The molecule has 0 bridgehead atoms. The van der Waals surface area contributed by atoms with Crippen LogP contribution in [-0.4, -0.2) is 40.1 Å². The lowest BCUT2D eigenvalue weighted by molar-refractivity contribution is 0.350. The Morgan fingerprint density at radius 1 is 1.25 bits per heavy atom. The molecule has 0 unspecified atom stereocenters. The van der Waals surface area contributed by atoms with Gasteiger partial charge in [0.25, 0.3) is 0 Å². The Hall–Kier alpha value is -2.54. The maximum Gasteiger partial charge on any atom is 0.228 e. The van der Waals surface area contributed by atoms with E-state index in [9.17, 15) is 4.39 Å². The summed E-state index contributed by atoms with van der Waals surface area (Å²) in [4.78, 5) is 15.0. The minimum Gasteiger partial charge on any atom is -0.463 e. The van der Waals surface area contributed by atoms with Gasteiger partial charge in [0, 0.05) is 30.6 Å². The minimum absolute atomic E-state index is 0.0304. The highest BCUT2D eigenvalue weighted by atomic mass is 19.1. The molecule has 24 heavy (non-hydrogen) atoms. The monoisotopic (exact) mass is 327 g/mol. The van der Waals surface area contributed by atoms with E-state index in [1.165, 1.54) is 18.7 Å². The molecule has 0 amide bonds. The summed E-state index contributed by atoms with van der Waals surface area (Å²) >= 11 is 0. The third kappa shape index (κ3) is 2.60. The van der Waals surface area contributed by atoms with Gasteiger partial charge < -0.3 is 14.6 Å². The Balaban J connectivity index is 1.77. The van der Waals surface area contributed by atoms with Crippen LogP contribution < -0.4 is 10.2 Å². The van der Waals surface area contributed by atoms with Crippen molar-refractivity contribution in [1.82, 2.24) is 20.3 Å². The van der Waals surface area contributed by atoms with E-state index in [4.69, 9.17) is 4.42 Å². The van der Waals surface area contributed by atoms with Gasteiger partial charge in [-0.1, -0.05) is 0 Å². The van der Waals surface area contributed by atoms with Crippen LogP contribution in [0.2, 0.25) is 0 Å². The summed E-state index contributed by atoms with van der Waals surface area (Å²) in [5.41, 5.74) is 0.695. The highest BCUT2D eigenvalue weighted by molar-refractivity contribution is 5.90. The first-order chi connectivity index (χ1) is 11.5. The molecule has 1 N–H and O–H groups in total. The summed E-state index contributed by atoms with van der Waals surface area (Å²) in [6, 6.07) is 4.88. The lowest BCUT2D eigenvalue weighted by Gasteiger charge is -2.39. The summed E-state index contributed by atoms with van der Waals surface area (Å²) < 4.78 is 19.8. The Morgan fingerprint density at radius 3 is 2.96 bits per heavy atom. The minimum atomic E-state index is -0.407. The largest absolute Gasteiger partial charge is 0.463 e. The van der Waals surface area contributed by atoms with Crippen LogP contribution in [0, 0.1) is 5.82 Å². The number of benzene rings is 1. The van der Waals surface area contributed by atoms with Crippen molar-refractivity contribution < 1.29 is 8.81 Å². The summed E-state index contributed by atoms with van der Waals surface area (Å²) in [7, 11) is 0. The zero-order valence-corrected chi connectivity index (χ0v) is 13.6. The molecule has 0 aliphatic carbocycles. The fraction of sp³-hybridized carbons (Fsp3) is 0.353. The van der Waals surface area contributed by atoms with Gasteiger partial charge >= 0.3 is 0 Å². The fourth-order valence-corrected chi connectivity index (χ4v) is 3.09. The van der Waals surface area contributed by atoms with Crippen molar-refractivity contribution >= 4 is 16.9 Å². The predicted octanol–water partition coefficient (Wildman–Crippen LogP) is 2.61. The van der Waals surface area contributed by atoms with Gasteiger partial charge in [-0.15, -0.1) is 0 Å². The van der Waals surface area contributed by atoms with E-state index < -0.39 is 5.82 Å². The predicted molar refractivity (Wildman–Crippen MR) is 89.3 cm³/mol. The van der Waals surface area contributed by atoms with Crippen LogP contribution in [0.25, 0.3) is 22.4 Å². The molecule has 1 fully saturated rings. The Bertz CT molecular complexity index is 892. The first-order valence-corrected chi connectivity index (χ1v) is 7.89. The Kier molecular flexibility index (Phi) is 3.45. The first-order valence-electron chi connectivity index (χ1n) is 7.89. The number of anilines is 1. The smallest absolute Gasteiger partial charge is 0.228 e. The summed E-state index contributed by atoms with van der Waals surface area (Å²) in [5.74, 6) is 0.433. The lowest BCUT2D eigenvalue weighted by atomic mass is 10.0. The highest BCUT2D eigenvalue weighted by Gasteiger charge is 2.27. The number of furan rings is 1. The van der Waals surface area contributed by atoms with Gasteiger partial charge in [0.2, 0.25) is 5.95 Å². The van der Waals surface area contributed by atoms with E-state index in [2.05, 4.69) is 39.0 Å². The van der Waals surface area contributed by atoms with E-state index >= 15 is 0 Å². The second-order valence-corrected chi connectivity index (χ2v) is 6.60. The van der Waals surface area contributed by atoms with E-state index in [1.807, 2.05) is 0 Å². The summed E-state index contributed by atoms with van der Waals surface area (Å²) in [6.07, 6.45) is 2.96. The average molecular weight is 327 g/mol. The van der Waals surface area contributed by atoms with Crippen molar-refractivity contribution in [3.63, 3.8) is 0 Å². The standard InChI is InChI=1S/C17H18FN5O/c1-17(2)9-23(7-6-21-17)16-20-10-19-15(22-16)13-12(18)4-3-11-5-8-24-14(11)13/h3-5,8,10,21H,6-7,9H2,1-2H3. The van der Waals surface area contributed by atoms with Gasteiger partial charge in [-0.2, -0.15) is 4.98 Å². The van der Waals surface area contributed by atoms with Crippen molar-refractivity contribution in [3.8, 4) is 11.4 Å². The number of halogens is 1. The van der Waals surface area contributed by atoms with Crippen molar-refractivity contribution in [2.24, 2.45) is 0 Å². The van der Waals surface area contributed by atoms with Crippen LogP contribution in [0.5, 0.6) is 0 Å². The number of hydrogen-bond donors (Lipinski definition) is 1. The zero-order valence-electron chi connectivity index (χ0n) is 13.6. The highest BCUT2D eigenvalue weighted by Crippen LogP contribution is 2.30. The molecule has 7 heteroatoms. The van der Waals surface area contributed by atoms with Gasteiger partial charge in [0.05, 0.1) is 11.8 Å². The maximum atomic E-state index is 14.4. The second-order valence-electron chi connectivity index (χ2n) is 6.60. The molecule has 0 spiro atoms. The van der Waals surface area contributed by atoms with E-state index in [0.29, 0.717) is 11.5 Å². The van der Waals surface area contributed by atoms with Crippen molar-refractivity contribution in [3.05, 3.63) is 36.6 Å². The van der Waals surface area contributed by atoms with Gasteiger partial charge in [-0.05, 0) is 32.0 Å². The average Bonchev–Trinajstić information content (AvgIpc) is 3.02. The third-order valence-corrected chi connectivity index (χ3v) is 4.21. The Labute approximate surface area is 138 Å². The van der Waals surface area contributed by atoms with Crippen LogP contribution in [0.4, 0.5) is 10.3 Å². The fourth-order valence-electron chi connectivity index (χ4n) is 3.09. The van der Waals surface area contributed by atoms with Crippen LogP contribution in [0.1, 0.15) is 13.8 Å². The first kappa shape index (κ1) is 15.0. The van der Waals surface area contributed by atoms with E-state index in [-0.39, 0.29) is 16.9 Å². The number of hydrogen-bond acceptors (Lipinski definition) is 6. The number of nitrogens with zero attached hydrogens (tertiary/aromatic N) is 4. The van der Waals surface area contributed by atoms with Crippen molar-refractivity contribution in [1.29, 1.82) is 0 Å². The number of piperazine rings is 1. The molecule has 1 saturated heterocycles. The van der Waals surface area contributed by atoms with E-state index in [1.54, 1.807) is 12.1 Å². The molecule has 2 aromatic heterocycles. The third-order valence-electron chi connectivity index (χ3n) is 4.21. The normalized spacial score (nSPS) is 17.4. The molecular formula is C17H18FN5O. The number of aromatic nitrogens is 3. The topological polar surface area (TPSA) is 67.1 Å². The molecule has 4 rings (SSSR count). The molecule has 3 heterocycles. The van der Waals surface area contributed by atoms with Gasteiger partial charge in [-0.25, -0.2) is 14.4 Å². The quantitative estimate of drug-likeness (QED) is 0.780. The van der Waals surface area contributed by atoms with Crippen LogP contribution in [0.3, 0.4) is 0 Å². The Morgan fingerprint density at radius 2 is 2.12 bits per heavy atom. The molecule has 1 aliphatic rings. The molecule has 6 nitrogen and oxygen atoms in total. The van der Waals surface area contributed by atoms with Gasteiger partial charge in [0.1, 0.15) is 17.7 Å². The van der Waals surface area contributed by atoms with Gasteiger partial charge in [0.15, 0.2) is 5.82 Å². The molecule has 0 radical (unpaired) electrons. The summed E-state index contributed by atoms with van der Waals surface area (Å²) in [5, 5.41) is 4.26. The number of rotatable bonds is 2. The molecule has 0 saturated carbocycles. The van der Waals surface area contributed by atoms with Crippen LogP contribution >= 0.6 is 0 Å². The molecule has 0 atom stereocenters. The van der Waals surface area contributed by atoms with Gasteiger partial charge in [-0.3, -0.25) is 0 Å². The molecular weight excluding hydrogens is 309 g/mol. The molecule has 1 aliphatic heterocycles. The summed E-state index contributed by atoms with van der Waals surface area (Å²) in [6.45, 7) is 6.66. The molecule has 3 aromatic rings. The van der Waals surface area contributed by atoms with E-state index in [0.717, 1.165) is 25.0 Å².